The fraction of sp³-hybridized carbons (Fsp3) is 1.00. The minimum absolute atomic E-state index is 0.0163. The molecule has 0 radical (unpaired) electrons. The number of rotatable bonds is 7. The number of nitrogens with one attached hydrogen (secondary N) is 1. The fourth-order valence-corrected chi connectivity index (χ4v) is 3.38. The van der Waals surface area contributed by atoms with Crippen LogP contribution in [0.4, 0.5) is 0 Å². The van der Waals surface area contributed by atoms with Gasteiger partial charge in [0.1, 0.15) is 0 Å². The predicted octanol–water partition coefficient (Wildman–Crippen LogP) is 0.128. The van der Waals surface area contributed by atoms with E-state index in [1.54, 1.807) is 14.2 Å². The van der Waals surface area contributed by atoms with Gasteiger partial charge in [-0.25, -0.2) is 0 Å². The molecule has 1 fully saturated rings. The zero-order valence-corrected chi connectivity index (χ0v) is 13.4. The summed E-state index contributed by atoms with van der Waals surface area (Å²) in [5.74, 6) is 0.327. The molecule has 1 aliphatic rings. The largest absolute Gasteiger partial charge is 0.383 e. The van der Waals surface area contributed by atoms with Crippen molar-refractivity contribution in [3.63, 3.8) is 0 Å². The summed E-state index contributed by atoms with van der Waals surface area (Å²) in [5.41, 5.74) is 0. The number of hydrogen-bond donors (Lipinski definition) is 1. The molecule has 1 saturated heterocycles. The highest BCUT2D eigenvalue weighted by Gasteiger charge is 2.34. The molecule has 0 amide bonds. The zero-order valence-electron chi connectivity index (χ0n) is 12.6. The lowest BCUT2D eigenvalue weighted by molar-refractivity contribution is 0.184. The molecule has 6 nitrogen and oxygen atoms in total. The Hall–Kier alpha value is -0.210. The Kier molecular flexibility index (Phi) is 6.19. The number of likely N-dealkylation sites (N-methyl/N-ethyl adjacent to an activating group) is 1. The van der Waals surface area contributed by atoms with Crippen molar-refractivity contribution in [2.24, 2.45) is 5.92 Å². The smallest absolute Gasteiger partial charge is 0.279 e. The van der Waals surface area contributed by atoms with Gasteiger partial charge in [0.05, 0.1) is 6.61 Å². The third-order valence-corrected chi connectivity index (χ3v) is 5.30. The van der Waals surface area contributed by atoms with Crippen LogP contribution in [-0.4, -0.2) is 70.1 Å². The van der Waals surface area contributed by atoms with Gasteiger partial charge < -0.3 is 4.74 Å². The summed E-state index contributed by atoms with van der Waals surface area (Å²) in [7, 11) is -0.288. The van der Waals surface area contributed by atoms with Crippen molar-refractivity contribution < 1.29 is 13.2 Å². The van der Waals surface area contributed by atoms with Gasteiger partial charge in [0.25, 0.3) is 10.2 Å². The van der Waals surface area contributed by atoms with E-state index in [4.69, 9.17) is 4.74 Å². The minimum Gasteiger partial charge on any atom is -0.383 e. The topological polar surface area (TPSA) is 61.9 Å². The molecule has 0 bridgehead atoms. The highest BCUT2D eigenvalue weighted by Crippen LogP contribution is 2.19. The molecule has 2 atom stereocenters. The predicted molar refractivity (Wildman–Crippen MR) is 76.2 cm³/mol. The Balaban J connectivity index is 2.58. The molecular formula is C12H27N3O3S. The summed E-state index contributed by atoms with van der Waals surface area (Å²) in [5, 5.41) is 0. The van der Waals surface area contributed by atoms with Gasteiger partial charge in [0.15, 0.2) is 0 Å². The summed E-state index contributed by atoms with van der Waals surface area (Å²) < 4.78 is 33.3. The van der Waals surface area contributed by atoms with Crippen LogP contribution in [-0.2, 0) is 14.9 Å². The summed E-state index contributed by atoms with van der Waals surface area (Å²) in [6.07, 6.45) is 0. The van der Waals surface area contributed by atoms with Crippen LogP contribution in [0.5, 0.6) is 0 Å². The Morgan fingerprint density at radius 3 is 2.53 bits per heavy atom. The van der Waals surface area contributed by atoms with Crippen molar-refractivity contribution in [2.75, 3.05) is 40.4 Å². The van der Waals surface area contributed by atoms with Gasteiger partial charge in [-0.3, -0.25) is 4.90 Å². The van der Waals surface area contributed by atoms with Gasteiger partial charge in [-0.1, -0.05) is 6.92 Å². The molecule has 0 aromatic carbocycles. The van der Waals surface area contributed by atoms with E-state index in [0.717, 1.165) is 13.1 Å². The normalized spacial score (nSPS) is 25.6. The van der Waals surface area contributed by atoms with Crippen LogP contribution in [0.3, 0.4) is 0 Å². The van der Waals surface area contributed by atoms with Gasteiger partial charge in [0, 0.05) is 45.9 Å². The molecule has 1 rings (SSSR count). The number of likely N-dealkylation sites (tertiary alicyclic amines) is 1. The average Bonchev–Trinajstić information content (AvgIpc) is 2.67. The zero-order chi connectivity index (χ0) is 14.6. The first-order valence-corrected chi connectivity index (χ1v) is 8.18. The van der Waals surface area contributed by atoms with Gasteiger partial charge in [0.2, 0.25) is 0 Å². The molecule has 1 N–H and O–H groups in total. The van der Waals surface area contributed by atoms with E-state index in [-0.39, 0.29) is 6.04 Å². The van der Waals surface area contributed by atoms with Crippen LogP contribution in [0.15, 0.2) is 0 Å². The van der Waals surface area contributed by atoms with Crippen molar-refractivity contribution in [3.05, 3.63) is 0 Å². The van der Waals surface area contributed by atoms with Crippen LogP contribution in [0.1, 0.15) is 20.8 Å². The molecular weight excluding hydrogens is 266 g/mol. The average molecular weight is 293 g/mol. The number of nitrogens with zero attached hydrogens (tertiary/aromatic N) is 2. The van der Waals surface area contributed by atoms with Gasteiger partial charge in [-0.2, -0.15) is 17.4 Å². The van der Waals surface area contributed by atoms with E-state index in [2.05, 4.69) is 30.4 Å². The van der Waals surface area contributed by atoms with E-state index in [9.17, 15) is 8.42 Å². The van der Waals surface area contributed by atoms with Crippen molar-refractivity contribution in [1.29, 1.82) is 0 Å². The molecule has 0 aromatic heterocycles. The molecule has 0 aliphatic carbocycles. The van der Waals surface area contributed by atoms with Crippen molar-refractivity contribution in [1.82, 2.24) is 13.9 Å². The van der Waals surface area contributed by atoms with Gasteiger partial charge in [-0.05, 0) is 19.8 Å². The van der Waals surface area contributed by atoms with Crippen LogP contribution in [0, 0.1) is 5.92 Å². The third-order valence-electron chi connectivity index (χ3n) is 3.69. The maximum absolute atomic E-state index is 12.2. The van der Waals surface area contributed by atoms with E-state index >= 15 is 0 Å². The molecule has 2 unspecified atom stereocenters. The van der Waals surface area contributed by atoms with Crippen molar-refractivity contribution in [2.45, 2.75) is 32.9 Å². The van der Waals surface area contributed by atoms with Crippen molar-refractivity contribution >= 4 is 10.2 Å². The van der Waals surface area contributed by atoms with E-state index in [1.807, 2.05) is 0 Å². The van der Waals surface area contributed by atoms with Crippen LogP contribution in [0.25, 0.3) is 0 Å². The maximum Gasteiger partial charge on any atom is 0.279 e. The molecule has 19 heavy (non-hydrogen) atoms. The number of hydrogen-bond acceptors (Lipinski definition) is 4. The van der Waals surface area contributed by atoms with Crippen molar-refractivity contribution in [3.8, 4) is 0 Å². The fourth-order valence-electron chi connectivity index (χ4n) is 2.20. The molecule has 7 heteroatoms. The number of ether oxygens (including phenoxy) is 1. The lowest BCUT2D eigenvalue weighted by atomic mass is 10.1. The molecule has 0 aromatic rings. The lowest BCUT2D eigenvalue weighted by Gasteiger charge is -2.23. The maximum atomic E-state index is 12.2. The summed E-state index contributed by atoms with van der Waals surface area (Å²) in [4.78, 5) is 2.30. The third kappa shape index (κ3) is 4.68. The summed E-state index contributed by atoms with van der Waals surface area (Å²) in [6.45, 7) is 8.83. The lowest BCUT2D eigenvalue weighted by Crippen LogP contribution is -2.47. The molecule has 0 spiro atoms. The molecule has 1 heterocycles. The Labute approximate surface area is 117 Å². The molecule has 0 saturated carbocycles. The number of methoxy groups -OCH3 is 1. The van der Waals surface area contributed by atoms with Crippen LogP contribution >= 0.6 is 0 Å². The van der Waals surface area contributed by atoms with Crippen LogP contribution < -0.4 is 4.72 Å². The van der Waals surface area contributed by atoms with Gasteiger partial charge in [-0.15, -0.1) is 0 Å². The first-order chi connectivity index (χ1) is 8.77. The highest BCUT2D eigenvalue weighted by atomic mass is 32.2. The monoisotopic (exact) mass is 293 g/mol. The molecule has 1 aliphatic heterocycles. The second kappa shape index (κ2) is 6.99. The summed E-state index contributed by atoms with van der Waals surface area (Å²) in [6, 6.07) is 0.431. The standard InChI is InChI=1S/C12H27N3O3S/c1-10(2)15-8-11(3)12(9-15)13-19(16,17)14(4)6-7-18-5/h10-13H,6-9H2,1-5H3. The van der Waals surface area contributed by atoms with Crippen LogP contribution in [0.2, 0.25) is 0 Å². The first kappa shape index (κ1) is 16.8. The Bertz CT molecular complexity index is 372. The summed E-state index contributed by atoms with van der Waals surface area (Å²) >= 11 is 0. The van der Waals surface area contributed by atoms with E-state index in [0.29, 0.717) is 25.1 Å². The SMILES string of the molecule is COCCN(C)S(=O)(=O)NC1CN(C(C)C)CC1C. The van der Waals surface area contributed by atoms with E-state index in [1.165, 1.54) is 4.31 Å². The highest BCUT2D eigenvalue weighted by molar-refractivity contribution is 7.87. The quantitative estimate of drug-likeness (QED) is 0.725. The minimum atomic E-state index is -3.42. The molecule has 114 valence electrons. The second-order valence-electron chi connectivity index (χ2n) is 5.57. The van der Waals surface area contributed by atoms with E-state index < -0.39 is 10.2 Å². The van der Waals surface area contributed by atoms with Gasteiger partial charge >= 0.3 is 0 Å². The second-order valence-corrected chi connectivity index (χ2v) is 7.38. The first-order valence-electron chi connectivity index (χ1n) is 6.74. The Morgan fingerprint density at radius 1 is 1.42 bits per heavy atom. The Morgan fingerprint density at radius 2 is 2.05 bits per heavy atom.